The zero-order valence-electron chi connectivity index (χ0n) is 20.5. The van der Waals surface area contributed by atoms with Crippen molar-refractivity contribution >= 4 is 17.8 Å². The molecule has 0 bridgehead atoms. The van der Waals surface area contributed by atoms with Gasteiger partial charge in [-0.3, -0.25) is 14.9 Å². The van der Waals surface area contributed by atoms with Gasteiger partial charge in [0.2, 0.25) is 11.8 Å². The second-order valence-electron chi connectivity index (χ2n) is 8.94. The van der Waals surface area contributed by atoms with Crippen molar-refractivity contribution in [2.75, 3.05) is 20.8 Å². The maximum Gasteiger partial charge on any atom is 0.244 e. The molecule has 1 unspecified atom stereocenters. The Hall–Kier alpha value is -2.77. The number of aliphatic imine (C=N–C) groups is 1. The molecular weight excluding hydrogens is 420 g/mol. The minimum absolute atomic E-state index is 0.0278. The SMILES string of the molecule is CCC(C)CNC(=O)[C@@H](CC1CCCCC1)N=C(N)NC(=O)Cc1ccc(OC)c(OC)c1. The predicted molar refractivity (Wildman–Crippen MR) is 130 cm³/mol. The lowest BCUT2D eigenvalue weighted by molar-refractivity contribution is -0.123. The third-order valence-electron chi connectivity index (χ3n) is 6.28. The van der Waals surface area contributed by atoms with Gasteiger partial charge in [0.15, 0.2) is 17.5 Å². The van der Waals surface area contributed by atoms with Gasteiger partial charge in [-0.2, -0.15) is 0 Å². The summed E-state index contributed by atoms with van der Waals surface area (Å²) in [6, 6.07) is 4.70. The van der Waals surface area contributed by atoms with Crippen molar-refractivity contribution in [2.24, 2.45) is 22.6 Å². The lowest BCUT2D eigenvalue weighted by Gasteiger charge is -2.25. The molecule has 33 heavy (non-hydrogen) atoms. The maximum atomic E-state index is 12.9. The third kappa shape index (κ3) is 8.94. The summed E-state index contributed by atoms with van der Waals surface area (Å²) >= 11 is 0. The summed E-state index contributed by atoms with van der Waals surface area (Å²) in [6.07, 6.45) is 7.58. The average Bonchev–Trinajstić information content (AvgIpc) is 2.82. The average molecular weight is 461 g/mol. The van der Waals surface area contributed by atoms with Crippen LogP contribution in [0.1, 0.15) is 64.4 Å². The Morgan fingerprint density at radius 3 is 2.48 bits per heavy atom. The predicted octanol–water partition coefficient (Wildman–Crippen LogP) is 3.18. The number of ether oxygens (including phenoxy) is 2. The molecule has 8 heteroatoms. The Morgan fingerprint density at radius 2 is 1.85 bits per heavy atom. The molecule has 1 aliphatic rings. The van der Waals surface area contributed by atoms with Crippen molar-refractivity contribution in [3.8, 4) is 11.5 Å². The maximum absolute atomic E-state index is 12.9. The number of nitrogens with two attached hydrogens (primary N) is 1. The van der Waals surface area contributed by atoms with Gasteiger partial charge in [0, 0.05) is 6.54 Å². The van der Waals surface area contributed by atoms with Gasteiger partial charge in [-0.1, -0.05) is 58.4 Å². The molecule has 1 saturated carbocycles. The van der Waals surface area contributed by atoms with Gasteiger partial charge in [-0.15, -0.1) is 0 Å². The molecule has 8 nitrogen and oxygen atoms in total. The second kappa shape index (κ2) is 13.7. The molecule has 1 aliphatic carbocycles. The van der Waals surface area contributed by atoms with Gasteiger partial charge < -0.3 is 20.5 Å². The molecule has 0 aliphatic heterocycles. The van der Waals surface area contributed by atoms with E-state index in [0.717, 1.165) is 24.8 Å². The largest absolute Gasteiger partial charge is 0.493 e. The van der Waals surface area contributed by atoms with E-state index in [4.69, 9.17) is 15.2 Å². The van der Waals surface area contributed by atoms with E-state index < -0.39 is 6.04 Å². The van der Waals surface area contributed by atoms with Gasteiger partial charge >= 0.3 is 0 Å². The summed E-state index contributed by atoms with van der Waals surface area (Å²) < 4.78 is 10.5. The van der Waals surface area contributed by atoms with Gasteiger partial charge in [-0.05, 0) is 36.0 Å². The van der Waals surface area contributed by atoms with E-state index in [0.29, 0.717) is 36.3 Å². The molecule has 0 spiro atoms. The molecule has 0 heterocycles. The van der Waals surface area contributed by atoms with Gasteiger partial charge in [0.05, 0.1) is 20.6 Å². The molecule has 0 aromatic heterocycles. The van der Waals surface area contributed by atoms with Crippen molar-refractivity contribution in [2.45, 2.75) is 71.3 Å². The minimum Gasteiger partial charge on any atom is -0.493 e. The fourth-order valence-electron chi connectivity index (χ4n) is 4.06. The molecule has 4 N–H and O–H groups in total. The number of benzene rings is 1. The third-order valence-corrected chi connectivity index (χ3v) is 6.28. The van der Waals surface area contributed by atoms with Crippen molar-refractivity contribution in [1.82, 2.24) is 10.6 Å². The second-order valence-corrected chi connectivity index (χ2v) is 8.94. The number of hydrogen-bond donors (Lipinski definition) is 3. The molecule has 1 aromatic rings. The summed E-state index contributed by atoms with van der Waals surface area (Å²) in [4.78, 5) is 29.8. The highest BCUT2D eigenvalue weighted by Crippen LogP contribution is 2.29. The summed E-state index contributed by atoms with van der Waals surface area (Å²) in [5.41, 5.74) is 6.80. The summed E-state index contributed by atoms with van der Waals surface area (Å²) in [5, 5.41) is 5.63. The fraction of sp³-hybridized carbons (Fsp3) is 0.640. The van der Waals surface area contributed by atoms with Crippen molar-refractivity contribution in [3.05, 3.63) is 23.8 Å². The lowest BCUT2D eigenvalue weighted by atomic mass is 9.84. The van der Waals surface area contributed by atoms with E-state index in [1.165, 1.54) is 19.3 Å². The Morgan fingerprint density at radius 1 is 1.15 bits per heavy atom. The summed E-state index contributed by atoms with van der Waals surface area (Å²) in [7, 11) is 3.11. The minimum atomic E-state index is -0.599. The Labute approximate surface area is 197 Å². The quantitative estimate of drug-likeness (QED) is 0.347. The topological polar surface area (TPSA) is 115 Å². The molecule has 1 fully saturated rings. The van der Waals surface area contributed by atoms with Crippen LogP contribution >= 0.6 is 0 Å². The molecular formula is C25H40N4O4. The molecule has 0 radical (unpaired) electrons. The molecule has 2 atom stereocenters. The van der Waals surface area contributed by atoms with E-state index in [9.17, 15) is 9.59 Å². The van der Waals surface area contributed by atoms with Gasteiger partial charge in [0.1, 0.15) is 6.04 Å². The number of carbonyl (C=O) groups excluding carboxylic acids is 2. The lowest BCUT2D eigenvalue weighted by Crippen LogP contribution is -2.42. The highest BCUT2D eigenvalue weighted by atomic mass is 16.5. The standard InChI is InChI=1S/C25H40N4O4/c1-5-17(2)16-27-24(31)20(13-18-9-7-6-8-10-18)28-25(26)29-23(30)15-19-11-12-21(32-3)22(14-19)33-4/h11-12,14,17-18,20H,5-10,13,15-16H2,1-4H3,(H,27,31)(H3,26,28,29,30)/t17?,20-/m1/s1. The Bertz CT molecular complexity index is 806. The van der Waals surface area contributed by atoms with Gasteiger partial charge in [-0.25, -0.2) is 4.99 Å². The van der Waals surface area contributed by atoms with Crippen LogP contribution in [0.5, 0.6) is 11.5 Å². The van der Waals surface area contributed by atoms with Crippen LogP contribution in [0.3, 0.4) is 0 Å². The normalized spacial score (nSPS) is 16.5. The first-order valence-electron chi connectivity index (χ1n) is 12.0. The number of carbonyl (C=O) groups is 2. The van der Waals surface area contributed by atoms with Crippen LogP contribution in [0.25, 0.3) is 0 Å². The summed E-state index contributed by atoms with van der Waals surface area (Å²) in [6.45, 7) is 4.81. The van der Waals surface area contributed by atoms with Crippen LogP contribution in [-0.4, -0.2) is 44.6 Å². The van der Waals surface area contributed by atoms with Crippen LogP contribution < -0.4 is 25.8 Å². The van der Waals surface area contributed by atoms with E-state index >= 15 is 0 Å². The van der Waals surface area contributed by atoms with Crippen molar-refractivity contribution in [1.29, 1.82) is 0 Å². The number of methoxy groups -OCH3 is 2. The Kier molecular flexibility index (Phi) is 11.0. The molecule has 0 saturated heterocycles. The van der Waals surface area contributed by atoms with Crippen LogP contribution in [0, 0.1) is 11.8 Å². The zero-order chi connectivity index (χ0) is 24.2. The molecule has 2 amide bonds. The monoisotopic (exact) mass is 460 g/mol. The first-order valence-corrected chi connectivity index (χ1v) is 12.0. The summed E-state index contributed by atoms with van der Waals surface area (Å²) in [5.74, 6) is 1.54. The van der Waals surface area contributed by atoms with Crippen LogP contribution in [0.4, 0.5) is 0 Å². The fourth-order valence-corrected chi connectivity index (χ4v) is 4.06. The van der Waals surface area contributed by atoms with Crippen molar-refractivity contribution < 1.29 is 19.1 Å². The van der Waals surface area contributed by atoms with E-state index in [2.05, 4.69) is 29.5 Å². The number of rotatable bonds is 11. The number of hydrogen-bond acceptors (Lipinski definition) is 5. The van der Waals surface area contributed by atoms with E-state index in [1.807, 2.05) is 0 Å². The number of amides is 2. The van der Waals surface area contributed by atoms with E-state index in [-0.39, 0.29) is 24.2 Å². The highest BCUT2D eigenvalue weighted by Gasteiger charge is 2.25. The first-order chi connectivity index (χ1) is 15.9. The molecule has 184 valence electrons. The number of guanidine groups is 1. The van der Waals surface area contributed by atoms with Gasteiger partial charge in [0.25, 0.3) is 0 Å². The first kappa shape index (κ1) is 26.5. The zero-order valence-corrected chi connectivity index (χ0v) is 20.5. The van der Waals surface area contributed by atoms with Crippen molar-refractivity contribution in [3.63, 3.8) is 0 Å². The number of nitrogens with zero attached hydrogens (tertiary/aromatic N) is 1. The highest BCUT2D eigenvalue weighted by molar-refractivity contribution is 5.98. The van der Waals surface area contributed by atoms with Crippen LogP contribution in [0.2, 0.25) is 0 Å². The molecule has 1 aromatic carbocycles. The molecule has 2 rings (SSSR count). The number of nitrogens with one attached hydrogen (secondary N) is 2. The van der Waals surface area contributed by atoms with Crippen LogP contribution in [0.15, 0.2) is 23.2 Å². The van der Waals surface area contributed by atoms with E-state index in [1.54, 1.807) is 32.4 Å². The Balaban J connectivity index is 2.03. The van der Waals surface area contributed by atoms with Crippen LogP contribution in [-0.2, 0) is 16.0 Å². The smallest absolute Gasteiger partial charge is 0.244 e.